The van der Waals surface area contributed by atoms with Crippen LogP contribution in [0.1, 0.15) is 6.42 Å². The van der Waals surface area contributed by atoms with Gasteiger partial charge in [-0.25, -0.2) is 0 Å². The van der Waals surface area contributed by atoms with Crippen LogP contribution < -0.4 is 11.2 Å². The van der Waals surface area contributed by atoms with Crippen molar-refractivity contribution in [1.82, 2.24) is 5.48 Å². The van der Waals surface area contributed by atoms with Crippen LogP contribution in [0, 0.1) is 0 Å². The smallest absolute Gasteiger partial charge is 0.106 e. The molecule has 0 atom stereocenters. The number of carbonyl (C=O) groups is 1. The second kappa shape index (κ2) is 26.2. The van der Waals surface area contributed by atoms with Crippen LogP contribution in [0.4, 0.5) is 0 Å². The van der Waals surface area contributed by atoms with E-state index in [0.29, 0.717) is 38.7 Å². The number of hydrogen-bond acceptors (Lipinski definition) is 6. The normalized spacial score (nSPS) is 8.30. The SMILES string of the molecule is C=CCCOCCOCCONC(=C)C=C.C=O.CN. The molecule has 118 valence electrons. The van der Waals surface area contributed by atoms with Crippen LogP contribution in [0.3, 0.4) is 0 Å². The van der Waals surface area contributed by atoms with Crippen molar-refractivity contribution in [2.45, 2.75) is 6.42 Å². The monoisotopic (exact) mass is 288 g/mol. The number of allylic oxidation sites excluding steroid dienone is 1. The summed E-state index contributed by atoms with van der Waals surface area (Å²) in [5.74, 6) is 0. The van der Waals surface area contributed by atoms with Crippen molar-refractivity contribution < 1.29 is 19.1 Å². The second-order valence-electron chi connectivity index (χ2n) is 2.98. The van der Waals surface area contributed by atoms with Gasteiger partial charge in [0.05, 0.1) is 38.7 Å². The minimum Gasteiger partial charge on any atom is -0.379 e. The Morgan fingerprint density at radius 3 is 2.05 bits per heavy atom. The zero-order valence-electron chi connectivity index (χ0n) is 12.4. The van der Waals surface area contributed by atoms with Crippen LogP contribution in [0.15, 0.2) is 37.6 Å². The molecule has 0 aliphatic heterocycles. The lowest BCUT2D eigenvalue weighted by molar-refractivity contribution is -0.0979. The summed E-state index contributed by atoms with van der Waals surface area (Å²) in [6.07, 6.45) is 4.28. The fraction of sp³-hybridized carbons (Fsp3) is 0.500. The Morgan fingerprint density at radius 1 is 1.05 bits per heavy atom. The van der Waals surface area contributed by atoms with Gasteiger partial charge in [-0.15, -0.1) is 6.58 Å². The Morgan fingerprint density at radius 2 is 1.55 bits per heavy atom. The molecule has 0 unspecified atom stereocenters. The van der Waals surface area contributed by atoms with E-state index >= 15 is 0 Å². The van der Waals surface area contributed by atoms with Gasteiger partial charge in [0.15, 0.2) is 0 Å². The molecule has 0 spiro atoms. The molecular formula is C14H28N2O4. The average Bonchev–Trinajstić information content (AvgIpc) is 2.52. The van der Waals surface area contributed by atoms with Gasteiger partial charge in [0.2, 0.25) is 0 Å². The van der Waals surface area contributed by atoms with Crippen LogP contribution in [0.25, 0.3) is 0 Å². The summed E-state index contributed by atoms with van der Waals surface area (Å²) >= 11 is 0. The molecule has 0 radical (unpaired) electrons. The predicted octanol–water partition coefficient (Wildman–Crippen LogP) is 1.21. The predicted molar refractivity (Wildman–Crippen MR) is 82.1 cm³/mol. The lowest BCUT2D eigenvalue weighted by atomic mass is 10.5. The highest BCUT2D eigenvalue weighted by Gasteiger charge is 1.91. The molecule has 0 aromatic rings. The van der Waals surface area contributed by atoms with E-state index in [0.717, 1.165) is 6.42 Å². The maximum atomic E-state index is 8.00. The summed E-state index contributed by atoms with van der Waals surface area (Å²) in [6, 6.07) is 0. The lowest BCUT2D eigenvalue weighted by Gasteiger charge is -2.07. The molecule has 0 aliphatic carbocycles. The minimum absolute atomic E-state index is 0.458. The highest BCUT2D eigenvalue weighted by atomic mass is 16.7. The van der Waals surface area contributed by atoms with E-state index < -0.39 is 0 Å². The van der Waals surface area contributed by atoms with Gasteiger partial charge < -0.3 is 20.0 Å². The summed E-state index contributed by atoms with van der Waals surface area (Å²) in [4.78, 5) is 13.0. The van der Waals surface area contributed by atoms with E-state index in [2.05, 4.69) is 31.0 Å². The molecule has 0 fully saturated rings. The summed E-state index contributed by atoms with van der Waals surface area (Å²) in [5.41, 5.74) is 7.75. The summed E-state index contributed by atoms with van der Waals surface area (Å²) < 4.78 is 10.5. The maximum Gasteiger partial charge on any atom is 0.106 e. The Balaban J connectivity index is -0.000000656. The van der Waals surface area contributed by atoms with Crippen molar-refractivity contribution in [3.63, 3.8) is 0 Å². The van der Waals surface area contributed by atoms with Crippen molar-refractivity contribution >= 4 is 6.79 Å². The van der Waals surface area contributed by atoms with Gasteiger partial charge in [0.1, 0.15) is 6.79 Å². The summed E-state index contributed by atoms with van der Waals surface area (Å²) in [6.45, 7) is 15.6. The highest BCUT2D eigenvalue weighted by molar-refractivity contribution is 5.11. The molecule has 0 saturated heterocycles. The standard InChI is InChI=1S/C12H21NO3.CH5N.CH2O/c1-4-6-7-14-8-9-15-10-11-16-13-12(3)5-2;2*1-2/h4-5,13H,1-3,6-11H2;2H2,1H3;1H2. The van der Waals surface area contributed by atoms with Gasteiger partial charge in [-0.3, -0.25) is 10.3 Å². The third-order valence-electron chi connectivity index (χ3n) is 1.62. The number of nitrogens with one attached hydrogen (secondary N) is 1. The number of carbonyl (C=O) groups excluding carboxylic acids is 1. The molecule has 6 heteroatoms. The first-order valence-electron chi connectivity index (χ1n) is 6.13. The molecule has 6 nitrogen and oxygen atoms in total. The molecule has 0 aromatic carbocycles. The number of ether oxygens (including phenoxy) is 2. The van der Waals surface area contributed by atoms with E-state index in [4.69, 9.17) is 19.1 Å². The Labute approximate surface area is 122 Å². The second-order valence-corrected chi connectivity index (χ2v) is 2.98. The first-order valence-corrected chi connectivity index (χ1v) is 6.13. The quantitative estimate of drug-likeness (QED) is 0.243. The summed E-state index contributed by atoms with van der Waals surface area (Å²) in [7, 11) is 1.50. The Hall–Kier alpha value is -1.47. The van der Waals surface area contributed by atoms with Crippen molar-refractivity contribution in [2.75, 3.05) is 40.1 Å². The van der Waals surface area contributed by atoms with Crippen molar-refractivity contribution in [1.29, 1.82) is 0 Å². The molecule has 0 amide bonds. The minimum atomic E-state index is 0.458. The maximum absolute atomic E-state index is 8.00. The molecule has 0 bridgehead atoms. The van der Waals surface area contributed by atoms with Crippen LogP contribution >= 0.6 is 0 Å². The van der Waals surface area contributed by atoms with Gasteiger partial charge in [-0.2, -0.15) is 0 Å². The Kier molecular flexibility index (Phi) is 30.9. The molecule has 0 rings (SSSR count). The van der Waals surface area contributed by atoms with Gasteiger partial charge >= 0.3 is 0 Å². The fourth-order valence-corrected chi connectivity index (χ4v) is 0.775. The highest BCUT2D eigenvalue weighted by Crippen LogP contribution is 1.86. The van der Waals surface area contributed by atoms with Crippen molar-refractivity contribution in [3.05, 3.63) is 37.6 Å². The van der Waals surface area contributed by atoms with Gasteiger partial charge in [0, 0.05) is 0 Å². The molecule has 0 heterocycles. The molecule has 0 aliphatic rings. The largest absolute Gasteiger partial charge is 0.379 e. The van der Waals surface area contributed by atoms with Crippen molar-refractivity contribution in [3.8, 4) is 0 Å². The fourth-order valence-electron chi connectivity index (χ4n) is 0.775. The van der Waals surface area contributed by atoms with Crippen LogP contribution in [0.2, 0.25) is 0 Å². The van der Waals surface area contributed by atoms with Crippen LogP contribution in [0.5, 0.6) is 0 Å². The molecule has 3 N–H and O–H groups in total. The van der Waals surface area contributed by atoms with Gasteiger partial charge in [0.25, 0.3) is 0 Å². The van der Waals surface area contributed by atoms with Gasteiger partial charge in [-0.05, 0) is 19.5 Å². The van der Waals surface area contributed by atoms with Crippen LogP contribution in [-0.4, -0.2) is 46.9 Å². The van der Waals surface area contributed by atoms with Gasteiger partial charge in [-0.1, -0.05) is 19.2 Å². The zero-order valence-corrected chi connectivity index (χ0v) is 12.4. The number of rotatable bonds is 12. The zero-order chi connectivity index (χ0) is 16.1. The first kappa shape index (κ1) is 23.6. The molecule has 0 aromatic heterocycles. The lowest BCUT2D eigenvalue weighted by Crippen LogP contribution is -2.17. The first-order chi connectivity index (χ1) is 9.81. The van der Waals surface area contributed by atoms with E-state index in [1.807, 2.05) is 12.9 Å². The molecule has 0 saturated carbocycles. The third kappa shape index (κ3) is 25.4. The number of hydroxylamine groups is 1. The average molecular weight is 288 g/mol. The topological polar surface area (TPSA) is 82.8 Å². The third-order valence-corrected chi connectivity index (χ3v) is 1.62. The number of hydrogen-bond donors (Lipinski definition) is 2. The van der Waals surface area contributed by atoms with E-state index in [-0.39, 0.29) is 0 Å². The molecule has 20 heavy (non-hydrogen) atoms. The Bertz CT molecular complexity index is 223. The van der Waals surface area contributed by atoms with Crippen LogP contribution in [-0.2, 0) is 19.1 Å². The van der Waals surface area contributed by atoms with E-state index in [1.165, 1.54) is 7.05 Å². The number of nitrogens with two attached hydrogens (primary N) is 1. The van der Waals surface area contributed by atoms with E-state index in [1.54, 1.807) is 6.08 Å². The molecular weight excluding hydrogens is 260 g/mol. The summed E-state index contributed by atoms with van der Waals surface area (Å²) in [5, 5.41) is 0. The van der Waals surface area contributed by atoms with E-state index in [9.17, 15) is 0 Å². The van der Waals surface area contributed by atoms with Crippen molar-refractivity contribution in [2.24, 2.45) is 5.73 Å².